The average molecular weight is 268 g/mol. The van der Waals surface area contributed by atoms with E-state index in [1.54, 1.807) is 0 Å². The fraction of sp³-hybridized carbons (Fsp3) is 1.00. The van der Waals surface area contributed by atoms with Gasteiger partial charge in [-0.2, -0.15) is 0 Å². The monoisotopic (exact) mass is 268 g/mol. The van der Waals surface area contributed by atoms with Crippen LogP contribution in [0.25, 0.3) is 0 Å². The third kappa shape index (κ3) is 4.73. The van der Waals surface area contributed by atoms with Crippen molar-refractivity contribution in [2.75, 3.05) is 26.3 Å². The number of rotatable bonds is 6. The van der Waals surface area contributed by atoms with Crippen LogP contribution >= 0.6 is 0 Å². The van der Waals surface area contributed by atoms with Crippen LogP contribution in [0.15, 0.2) is 0 Å². The van der Waals surface area contributed by atoms with Gasteiger partial charge in [-0.3, -0.25) is 4.90 Å². The zero-order chi connectivity index (χ0) is 13.7. The topological polar surface area (TPSA) is 38.5 Å². The van der Waals surface area contributed by atoms with Gasteiger partial charge in [0.15, 0.2) is 0 Å². The fourth-order valence-corrected chi connectivity index (χ4v) is 3.42. The molecule has 0 unspecified atom stereocenters. The summed E-state index contributed by atoms with van der Waals surface area (Å²) in [4.78, 5) is 2.71. The summed E-state index contributed by atoms with van der Waals surface area (Å²) in [7, 11) is 0. The Morgan fingerprint density at radius 2 is 1.84 bits per heavy atom. The second-order valence-corrected chi connectivity index (χ2v) is 7.07. The number of nitrogens with zero attached hydrogens (tertiary/aromatic N) is 1. The molecule has 0 aromatic rings. The Labute approximate surface area is 118 Å². The van der Waals surface area contributed by atoms with E-state index in [9.17, 15) is 0 Å². The van der Waals surface area contributed by atoms with Gasteiger partial charge < -0.3 is 10.5 Å². The quantitative estimate of drug-likeness (QED) is 0.805. The maximum atomic E-state index is 6.61. The van der Waals surface area contributed by atoms with E-state index in [-0.39, 0.29) is 5.54 Å². The third-order valence-electron chi connectivity index (χ3n) is 4.84. The zero-order valence-corrected chi connectivity index (χ0v) is 12.9. The minimum atomic E-state index is -0.00216. The van der Waals surface area contributed by atoms with E-state index in [1.165, 1.54) is 38.6 Å². The zero-order valence-electron chi connectivity index (χ0n) is 12.9. The van der Waals surface area contributed by atoms with E-state index in [0.29, 0.717) is 0 Å². The Balaban J connectivity index is 1.91. The van der Waals surface area contributed by atoms with Crippen LogP contribution in [-0.4, -0.2) is 42.8 Å². The van der Waals surface area contributed by atoms with E-state index in [4.69, 9.17) is 10.5 Å². The van der Waals surface area contributed by atoms with Crippen molar-refractivity contribution >= 4 is 0 Å². The second kappa shape index (κ2) is 7.05. The molecule has 112 valence electrons. The lowest BCUT2D eigenvalue weighted by Crippen LogP contribution is -2.55. The molecule has 0 aromatic heterocycles. The first-order valence-electron chi connectivity index (χ1n) is 8.20. The molecule has 0 bridgehead atoms. The van der Waals surface area contributed by atoms with Crippen LogP contribution < -0.4 is 5.73 Å². The van der Waals surface area contributed by atoms with E-state index in [1.807, 2.05) is 0 Å². The second-order valence-electron chi connectivity index (χ2n) is 7.07. The predicted molar refractivity (Wildman–Crippen MR) is 80.3 cm³/mol. The summed E-state index contributed by atoms with van der Waals surface area (Å²) in [5, 5.41) is 0. The highest BCUT2D eigenvalue weighted by Gasteiger charge is 2.33. The normalized spacial score (nSPS) is 24.5. The van der Waals surface area contributed by atoms with Crippen LogP contribution in [0.3, 0.4) is 0 Å². The minimum absolute atomic E-state index is 0.00216. The largest absolute Gasteiger partial charge is 0.381 e. The Hall–Kier alpha value is -0.120. The third-order valence-corrected chi connectivity index (χ3v) is 4.84. The maximum absolute atomic E-state index is 6.61. The summed E-state index contributed by atoms with van der Waals surface area (Å²) in [5.74, 6) is 0.785. The van der Waals surface area contributed by atoms with Gasteiger partial charge in [-0.25, -0.2) is 0 Å². The van der Waals surface area contributed by atoms with Crippen LogP contribution in [0.4, 0.5) is 0 Å². The summed E-state index contributed by atoms with van der Waals surface area (Å²) >= 11 is 0. The van der Waals surface area contributed by atoms with Crippen LogP contribution in [0, 0.1) is 5.92 Å². The highest BCUT2D eigenvalue weighted by atomic mass is 16.5. The first-order chi connectivity index (χ1) is 9.09. The molecule has 0 aromatic carbocycles. The Kier molecular flexibility index (Phi) is 5.67. The van der Waals surface area contributed by atoms with Gasteiger partial charge in [-0.05, 0) is 44.6 Å². The smallest absolute Gasteiger partial charge is 0.0484 e. The first-order valence-corrected chi connectivity index (χ1v) is 8.20. The number of hydrogen-bond donors (Lipinski definition) is 1. The summed E-state index contributed by atoms with van der Waals surface area (Å²) in [6.07, 6.45) is 8.92. The fourth-order valence-electron chi connectivity index (χ4n) is 3.42. The van der Waals surface area contributed by atoms with E-state index < -0.39 is 0 Å². The molecule has 2 aliphatic rings. The Bertz CT molecular complexity index is 255. The van der Waals surface area contributed by atoms with Crippen molar-refractivity contribution in [1.82, 2.24) is 4.90 Å². The lowest BCUT2D eigenvalue weighted by Gasteiger charge is -2.40. The van der Waals surface area contributed by atoms with Gasteiger partial charge in [0.05, 0.1) is 0 Å². The SMILES string of the molecule is CC(C)CCN(CC1(N)CCOCC1)C1CCCC1. The first kappa shape index (κ1) is 15.3. The molecule has 0 radical (unpaired) electrons. The van der Waals surface area contributed by atoms with Gasteiger partial charge in [0.2, 0.25) is 0 Å². The molecular weight excluding hydrogens is 236 g/mol. The van der Waals surface area contributed by atoms with E-state index in [0.717, 1.165) is 44.6 Å². The molecule has 0 spiro atoms. The van der Waals surface area contributed by atoms with Crippen molar-refractivity contribution in [2.24, 2.45) is 11.7 Å². The molecule has 1 saturated carbocycles. The lowest BCUT2D eigenvalue weighted by atomic mass is 9.90. The van der Waals surface area contributed by atoms with E-state index >= 15 is 0 Å². The number of hydrogen-bond acceptors (Lipinski definition) is 3. The molecule has 2 rings (SSSR count). The number of ether oxygens (including phenoxy) is 1. The molecule has 1 heterocycles. The van der Waals surface area contributed by atoms with Crippen molar-refractivity contribution < 1.29 is 4.74 Å². The summed E-state index contributed by atoms with van der Waals surface area (Å²) in [6, 6.07) is 0.794. The number of nitrogens with two attached hydrogens (primary N) is 1. The van der Waals surface area contributed by atoms with Gasteiger partial charge in [0.25, 0.3) is 0 Å². The molecule has 0 atom stereocenters. The molecule has 1 saturated heterocycles. The highest BCUT2D eigenvalue weighted by Crippen LogP contribution is 2.27. The highest BCUT2D eigenvalue weighted by molar-refractivity contribution is 4.92. The summed E-state index contributed by atoms with van der Waals surface area (Å²) in [5.41, 5.74) is 6.61. The van der Waals surface area contributed by atoms with Crippen molar-refractivity contribution in [3.8, 4) is 0 Å². The molecule has 3 nitrogen and oxygen atoms in total. The molecule has 2 N–H and O–H groups in total. The Morgan fingerprint density at radius 3 is 2.42 bits per heavy atom. The van der Waals surface area contributed by atoms with E-state index in [2.05, 4.69) is 18.7 Å². The van der Waals surface area contributed by atoms with Gasteiger partial charge in [-0.1, -0.05) is 26.7 Å². The van der Waals surface area contributed by atoms with Gasteiger partial charge in [0.1, 0.15) is 0 Å². The van der Waals surface area contributed by atoms with Crippen molar-refractivity contribution in [2.45, 2.75) is 70.4 Å². The molecule has 0 amide bonds. The van der Waals surface area contributed by atoms with Gasteiger partial charge in [0, 0.05) is 31.3 Å². The lowest BCUT2D eigenvalue weighted by molar-refractivity contribution is 0.0295. The Morgan fingerprint density at radius 1 is 1.21 bits per heavy atom. The molecule has 19 heavy (non-hydrogen) atoms. The minimum Gasteiger partial charge on any atom is -0.381 e. The predicted octanol–water partition coefficient (Wildman–Crippen LogP) is 2.79. The summed E-state index contributed by atoms with van der Waals surface area (Å²) < 4.78 is 5.47. The standard InChI is InChI=1S/C16H32N2O/c1-14(2)7-10-18(15-5-3-4-6-15)13-16(17)8-11-19-12-9-16/h14-15H,3-13,17H2,1-2H3. The summed E-state index contributed by atoms with van der Waals surface area (Å²) in [6.45, 7) is 8.63. The molecule has 2 fully saturated rings. The van der Waals surface area contributed by atoms with Crippen molar-refractivity contribution in [1.29, 1.82) is 0 Å². The van der Waals surface area contributed by atoms with Crippen LogP contribution in [0.5, 0.6) is 0 Å². The average Bonchev–Trinajstić information content (AvgIpc) is 2.89. The van der Waals surface area contributed by atoms with Crippen molar-refractivity contribution in [3.63, 3.8) is 0 Å². The van der Waals surface area contributed by atoms with Gasteiger partial charge >= 0.3 is 0 Å². The maximum Gasteiger partial charge on any atom is 0.0484 e. The molecule has 3 heteroatoms. The molecular formula is C16H32N2O. The van der Waals surface area contributed by atoms with Crippen LogP contribution in [0.1, 0.15) is 58.8 Å². The van der Waals surface area contributed by atoms with Crippen LogP contribution in [-0.2, 0) is 4.74 Å². The molecule has 1 aliphatic heterocycles. The van der Waals surface area contributed by atoms with Crippen LogP contribution in [0.2, 0.25) is 0 Å². The van der Waals surface area contributed by atoms with Crippen molar-refractivity contribution in [3.05, 3.63) is 0 Å². The molecule has 1 aliphatic carbocycles. The van der Waals surface area contributed by atoms with Gasteiger partial charge in [-0.15, -0.1) is 0 Å².